The van der Waals surface area contributed by atoms with Crippen molar-refractivity contribution in [2.75, 3.05) is 0 Å². The smallest absolute Gasteiger partial charge is 0.270 e. The van der Waals surface area contributed by atoms with Gasteiger partial charge in [-0.2, -0.15) is 0 Å². The van der Waals surface area contributed by atoms with E-state index in [4.69, 9.17) is 5.73 Å². The molecule has 2 rings (SSSR count). The summed E-state index contributed by atoms with van der Waals surface area (Å²) in [5.74, 6) is -1.26. The van der Waals surface area contributed by atoms with E-state index in [1.807, 2.05) is 24.3 Å². The summed E-state index contributed by atoms with van der Waals surface area (Å²) in [4.78, 5) is 34.1. The lowest BCUT2D eigenvalue weighted by Crippen LogP contribution is -2.45. The number of primary amides is 1. The molecule has 0 fully saturated rings. The van der Waals surface area contributed by atoms with E-state index in [1.165, 1.54) is 18.2 Å². The lowest BCUT2D eigenvalue weighted by Gasteiger charge is -2.16. The van der Waals surface area contributed by atoms with Crippen LogP contribution < -0.4 is 11.1 Å². The van der Waals surface area contributed by atoms with Gasteiger partial charge in [-0.05, 0) is 46.4 Å². The van der Waals surface area contributed by atoms with Crippen LogP contribution in [0.4, 0.5) is 5.69 Å². The predicted octanol–water partition coefficient (Wildman–Crippen LogP) is 2.03. The Bertz CT molecular complexity index is 794. The van der Waals surface area contributed by atoms with Gasteiger partial charge in [-0.25, -0.2) is 0 Å². The lowest BCUT2D eigenvalue weighted by atomic mass is 10.0. The lowest BCUT2D eigenvalue weighted by molar-refractivity contribution is -0.384. The molecule has 2 amide bonds. The predicted molar refractivity (Wildman–Crippen MR) is 96.4 cm³/mol. The van der Waals surface area contributed by atoms with Crippen LogP contribution in [0.1, 0.15) is 15.9 Å². The number of nitro groups is 1. The Kier molecular flexibility index (Phi) is 5.85. The van der Waals surface area contributed by atoms with Crippen LogP contribution in [-0.4, -0.2) is 22.8 Å². The minimum atomic E-state index is -0.907. The van der Waals surface area contributed by atoms with E-state index in [-0.39, 0.29) is 17.7 Å². The number of rotatable bonds is 6. The van der Waals surface area contributed by atoms with E-state index in [0.717, 1.165) is 15.2 Å². The van der Waals surface area contributed by atoms with Crippen LogP contribution in [-0.2, 0) is 11.2 Å². The number of nitro benzene ring substituents is 1. The molecule has 0 aliphatic rings. The van der Waals surface area contributed by atoms with Crippen molar-refractivity contribution >= 4 is 40.1 Å². The van der Waals surface area contributed by atoms with E-state index in [1.54, 1.807) is 0 Å². The molecule has 0 heterocycles. The van der Waals surface area contributed by atoms with Gasteiger partial charge in [0.25, 0.3) is 11.6 Å². The summed E-state index contributed by atoms with van der Waals surface area (Å²) in [6.45, 7) is 0. The Balaban J connectivity index is 2.15. The number of halogens is 1. The number of nitrogens with zero attached hydrogens (tertiary/aromatic N) is 1. The second kappa shape index (κ2) is 7.86. The molecule has 0 aromatic heterocycles. The SMILES string of the molecule is NC(=O)[C@@H](Cc1cccc(I)c1)NC(=O)c1cccc([N+](=O)[O-])c1. The molecule has 0 spiro atoms. The molecule has 0 aliphatic heterocycles. The molecule has 1 atom stereocenters. The second-order valence-electron chi connectivity index (χ2n) is 5.07. The summed E-state index contributed by atoms with van der Waals surface area (Å²) in [6, 6.07) is 11.8. The molecular weight excluding hydrogens is 425 g/mol. The van der Waals surface area contributed by atoms with Crippen molar-refractivity contribution in [1.82, 2.24) is 5.32 Å². The fourth-order valence-electron chi connectivity index (χ4n) is 2.12. The van der Waals surface area contributed by atoms with Gasteiger partial charge in [0, 0.05) is 27.7 Å². The Hall–Kier alpha value is -2.49. The van der Waals surface area contributed by atoms with Gasteiger partial charge >= 0.3 is 0 Å². The average molecular weight is 439 g/mol. The highest BCUT2D eigenvalue weighted by molar-refractivity contribution is 14.1. The number of amides is 2. The number of non-ortho nitro benzene ring substituents is 1. The largest absolute Gasteiger partial charge is 0.368 e. The molecule has 124 valence electrons. The normalized spacial score (nSPS) is 11.5. The third-order valence-corrected chi connectivity index (χ3v) is 3.97. The number of hydrogen-bond acceptors (Lipinski definition) is 4. The van der Waals surface area contributed by atoms with Crippen LogP contribution in [0.15, 0.2) is 48.5 Å². The fraction of sp³-hybridized carbons (Fsp3) is 0.125. The molecule has 0 saturated carbocycles. The minimum absolute atomic E-state index is 0.0955. The summed E-state index contributed by atoms with van der Waals surface area (Å²) in [5.41, 5.74) is 6.11. The Morgan fingerprint density at radius 3 is 2.54 bits per heavy atom. The molecule has 2 aromatic rings. The Morgan fingerprint density at radius 2 is 1.92 bits per heavy atom. The minimum Gasteiger partial charge on any atom is -0.368 e. The van der Waals surface area contributed by atoms with Gasteiger partial charge in [-0.3, -0.25) is 19.7 Å². The molecule has 0 bridgehead atoms. The van der Waals surface area contributed by atoms with Gasteiger partial charge in [0.15, 0.2) is 0 Å². The van der Waals surface area contributed by atoms with Crippen molar-refractivity contribution in [3.8, 4) is 0 Å². The summed E-state index contributed by atoms with van der Waals surface area (Å²) in [7, 11) is 0. The van der Waals surface area contributed by atoms with Crippen LogP contribution in [0.5, 0.6) is 0 Å². The molecule has 0 unspecified atom stereocenters. The van der Waals surface area contributed by atoms with Gasteiger partial charge in [-0.1, -0.05) is 18.2 Å². The first-order valence-corrected chi connectivity index (χ1v) is 8.04. The average Bonchev–Trinajstić information content (AvgIpc) is 2.54. The highest BCUT2D eigenvalue weighted by Gasteiger charge is 2.20. The van der Waals surface area contributed by atoms with Gasteiger partial charge in [0.2, 0.25) is 5.91 Å². The van der Waals surface area contributed by atoms with E-state index in [2.05, 4.69) is 27.9 Å². The maximum absolute atomic E-state index is 12.2. The number of carbonyl (C=O) groups excluding carboxylic acids is 2. The topological polar surface area (TPSA) is 115 Å². The maximum atomic E-state index is 12.2. The van der Waals surface area contributed by atoms with E-state index in [9.17, 15) is 19.7 Å². The molecule has 7 nitrogen and oxygen atoms in total. The Labute approximate surface area is 151 Å². The van der Waals surface area contributed by atoms with Crippen molar-refractivity contribution < 1.29 is 14.5 Å². The zero-order chi connectivity index (χ0) is 17.7. The van der Waals surface area contributed by atoms with E-state index in [0.29, 0.717) is 0 Å². The summed E-state index contributed by atoms with van der Waals surface area (Å²) in [5, 5.41) is 13.3. The number of nitrogens with one attached hydrogen (secondary N) is 1. The summed E-state index contributed by atoms with van der Waals surface area (Å²) < 4.78 is 0.998. The van der Waals surface area contributed by atoms with Gasteiger partial charge < -0.3 is 11.1 Å². The first-order valence-electron chi connectivity index (χ1n) is 6.96. The molecule has 2 aromatic carbocycles. The van der Waals surface area contributed by atoms with Crippen molar-refractivity contribution in [2.45, 2.75) is 12.5 Å². The first kappa shape index (κ1) is 17.9. The van der Waals surface area contributed by atoms with Crippen LogP contribution >= 0.6 is 22.6 Å². The highest BCUT2D eigenvalue weighted by atomic mass is 127. The van der Waals surface area contributed by atoms with Gasteiger partial charge in [0.05, 0.1) is 4.92 Å². The van der Waals surface area contributed by atoms with Crippen LogP contribution in [0.25, 0.3) is 0 Å². The van der Waals surface area contributed by atoms with Crippen LogP contribution in [0.3, 0.4) is 0 Å². The van der Waals surface area contributed by atoms with Crippen LogP contribution in [0, 0.1) is 13.7 Å². The van der Waals surface area contributed by atoms with Crippen molar-refractivity contribution in [3.63, 3.8) is 0 Å². The second-order valence-corrected chi connectivity index (χ2v) is 6.32. The van der Waals surface area contributed by atoms with Crippen LogP contribution in [0.2, 0.25) is 0 Å². The number of hydrogen-bond donors (Lipinski definition) is 2. The quantitative estimate of drug-likeness (QED) is 0.407. The molecular formula is C16H14IN3O4. The van der Waals surface area contributed by atoms with E-state index < -0.39 is 22.8 Å². The molecule has 24 heavy (non-hydrogen) atoms. The monoisotopic (exact) mass is 439 g/mol. The highest BCUT2D eigenvalue weighted by Crippen LogP contribution is 2.14. The van der Waals surface area contributed by atoms with Gasteiger partial charge in [-0.15, -0.1) is 0 Å². The first-order chi connectivity index (χ1) is 11.4. The standard InChI is InChI=1S/C16H14IN3O4/c17-12-5-1-3-10(7-12)8-14(15(18)21)19-16(22)11-4-2-6-13(9-11)20(23)24/h1-7,9,14H,8H2,(H2,18,21)(H,19,22)/t14-/m1/s1. The zero-order valence-corrected chi connectivity index (χ0v) is 14.6. The summed E-state index contributed by atoms with van der Waals surface area (Å²) >= 11 is 2.15. The van der Waals surface area contributed by atoms with Crippen molar-refractivity contribution in [1.29, 1.82) is 0 Å². The number of carbonyl (C=O) groups is 2. The maximum Gasteiger partial charge on any atom is 0.270 e. The number of nitrogens with two attached hydrogens (primary N) is 1. The summed E-state index contributed by atoms with van der Waals surface area (Å²) in [6.07, 6.45) is 0.243. The molecule has 0 radical (unpaired) electrons. The van der Waals surface area contributed by atoms with Gasteiger partial charge in [0.1, 0.15) is 6.04 Å². The Morgan fingerprint density at radius 1 is 1.21 bits per heavy atom. The molecule has 3 N–H and O–H groups in total. The fourth-order valence-corrected chi connectivity index (χ4v) is 2.73. The zero-order valence-electron chi connectivity index (χ0n) is 12.4. The third kappa shape index (κ3) is 4.75. The molecule has 8 heteroatoms. The van der Waals surface area contributed by atoms with Crippen molar-refractivity contribution in [2.24, 2.45) is 5.73 Å². The van der Waals surface area contributed by atoms with E-state index >= 15 is 0 Å². The number of benzene rings is 2. The molecule has 0 aliphatic carbocycles. The molecule has 0 saturated heterocycles. The third-order valence-electron chi connectivity index (χ3n) is 3.30. The van der Waals surface area contributed by atoms with Crippen molar-refractivity contribution in [3.05, 3.63) is 73.3 Å².